The van der Waals surface area contributed by atoms with E-state index in [0.29, 0.717) is 17.7 Å². The Bertz CT molecular complexity index is 392. The molecular formula is C17H26N2O. The first-order valence-corrected chi connectivity index (χ1v) is 7.69. The Morgan fingerprint density at radius 2 is 2.00 bits per heavy atom. The lowest BCUT2D eigenvalue weighted by Crippen LogP contribution is -2.41. The van der Waals surface area contributed by atoms with Crippen molar-refractivity contribution >= 4 is 5.91 Å². The molecule has 3 nitrogen and oxygen atoms in total. The summed E-state index contributed by atoms with van der Waals surface area (Å²) in [4.78, 5) is 14.4. The Morgan fingerprint density at radius 3 is 2.65 bits per heavy atom. The number of piperidine rings is 1. The van der Waals surface area contributed by atoms with Gasteiger partial charge in [0.25, 0.3) is 0 Å². The maximum absolute atomic E-state index is 12.3. The van der Waals surface area contributed by atoms with E-state index in [0.717, 1.165) is 45.3 Å². The third-order valence-corrected chi connectivity index (χ3v) is 4.43. The molecule has 0 bridgehead atoms. The lowest BCUT2D eigenvalue weighted by Gasteiger charge is -2.31. The standard InChI is InChI=1S/C17H26N2O/c1-2-3-4-5-6-7-15-12-16(15)17(20)19-10-8-14(13-18)9-11-19/h2-6,14-16H,1,7-13,18H2/b4-3-,6-5-/t15-,16?/m1/s1. The van der Waals surface area contributed by atoms with E-state index in [1.807, 2.05) is 18.2 Å². The molecule has 3 heteroatoms. The number of allylic oxidation sites excluding steroid dienone is 5. The summed E-state index contributed by atoms with van der Waals surface area (Å²) in [5.74, 6) is 1.83. The van der Waals surface area contributed by atoms with Crippen molar-refractivity contribution in [3.63, 3.8) is 0 Å². The fourth-order valence-electron chi connectivity index (χ4n) is 2.91. The SMILES string of the molecule is C=C/C=C\C=C/C[C@@H]1CC1C(=O)N1CCC(CN)CC1. The largest absolute Gasteiger partial charge is 0.342 e. The van der Waals surface area contributed by atoms with Crippen molar-refractivity contribution in [3.8, 4) is 0 Å². The number of hydrogen-bond donors (Lipinski definition) is 1. The van der Waals surface area contributed by atoms with Crippen LogP contribution in [0.3, 0.4) is 0 Å². The van der Waals surface area contributed by atoms with Crippen LogP contribution in [-0.2, 0) is 4.79 Å². The number of nitrogens with two attached hydrogens (primary N) is 1. The van der Waals surface area contributed by atoms with Gasteiger partial charge in [-0.3, -0.25) is 4.79 Å². The Morgan fingerprint density at radius 1 is 1.25 bits per heavy atom. The second kappa shape index (κ2) is 7.44. The first-order chi connectivity index (χ1) is 9.76. The van der Waals surface area contributed by atoms with Crippen molar-refractivity contribution in [1.29, 1.82) is 0 Å². The summed E-state index contributed by atoms with van der Waals surface area (Å²) in [5, 5.41) is 0. The van der Waals surface area contributed by atoms with Gasteiger partial charge in [0.2, 0.25) is 5.91 Å². The molecule has 110 valence electrons. The number of carbonyl (C=O) groups excluding carboxylic acids is 1. The van der Waals surface area contributed by atoms with E-state index in [4.69, 9.17) is 5.73 Å². The van der Waals surface area contributed by atoms with Crippen LogP contribution in [-0.4, -0.2) is 30.4 Å². The molecule has 0 aromatic rings. The zero-order valence-electron chi connectivity index (χ0n) is 12.2. The first kappa shape index (κ1) is 15.0. The highest BCUT2D eigenvalue weighted by atomic mass is 16.2. The molecule has 20 heavy (non-hydrogen) atoms. The van der Waals surface area contributed by atoms with Gasteiger partial charge in [-0.1, -0.05) is 37.0 Å². The normalized spacial score (nSPS) is 27.4. The van der Waals surface area contributed by atoms with Crippen LogP contribution in [0.25, 0.3) is 0 Å². The minimum Gasteiger partial charge on any atom is -0.342 e. The molecule has 1 saturated carbocycles. The van der Waals surface area contributed by atoms with Gasteiger partial charge in [-0.25, -0.2) is 0 Å². The minimum atomic E-state index is 0.275. The number of rotatable bonds is 6. The third-order valence-electron chi connectivity index (χ3n) is 4.43. The molecule has 1 unspecified atom stereocenters. The summed E-state index contributed by atoms with van der Waals surface area (Å²) >= 11 is 0. The number of amides is 1. The van der Waals surface area contributed by atoms with E-state index in [2.05, 4.69) is 17.6 Å². The summed E-state index contributed by atoms with van der Waals surface area (Å²) in [6.07, 6.45) is 14.1. The zero-order valence-corrected chi connectivity index (χ0v) is 12.2. The Balaban J connectivity index is 1.69. The number of nitrogens with zero attached hydrogens (tertiary/aromatic N) is 1. The Labute approximate surface area is 122 Å². The van der Waals surface area contributed by atoms with E-state index < -0.39 is 0 Å². The third kappa shape index (κ3) is 4.07. The van der Waals surface area contributed by atoms with Crippen molar-refractivity contribution in [1.82, 2.24) is 4.90 Å². The summed E-state index contributed by atoms with van der Waals surface area (Å²) in [6.45, 7) is 6.20. The molecule has 2 atom stereocenters. The Hall–Kier alpha value is -1.35. The summed E-state index contributed by atoms with van der Waals surface area (Å²) in [6, 6.07) is 0. The highest BCUT2D eigenvalue weighted by molar-refractivity contribution is 5.81. The molecule has 1 aliphatic carbocycles. The molecule has 0 aromatic heterocycles. The quantitative estimate of drug-likeness (QED) is 0.756. The Kier molecular flexibility index (Phi) is 5.60. The molecule has 1 heterocycles. The summed E-state index contributed by atoms with van der Waals surface area (Å²) in [5.41, 5.74) is 5.69. The minimum absolute atomic E-state index is 0.275. The molecule has 1 saturated heterocycles. The maximum Gasteiger partial charge on any atom is 0.225 e. The van der Waals surface area contributed by atoms with Crippen LogP contribution < -0.4 is 5.73 Å². The molecule has 2 rings (SSSR count). The summed E-state index contributed by atoms with van der Waals surface area (Å²) in [7, 11) is 0. The predicted octanol–water partition coefficient (Wildman–Crippen LogP) is 2.51. The van der Waals surface area contributed by atoms with E-state index in [1.165, 1.54) is 0 Å². The predicted molar refractivity (Wildman–Crippen MR) is 83.0 cm³/mol. The van der Waals surface area contributed by atoms with E-state index in [-0.39, 0.29) is 5.92 Å². The van der Waals surface area contributed by atoms with Crippen LogP contribution in [0.1, 0.15) is 25.7 Å². The van der Waals surface area contributed by atoms with Gasteiger partial charge in [-0.05, 0) is 44.1 Å². The van der Waals surface area contributed by atoms with Gasteiger partial charge in [0.05, 0.1) is 0 Å². The number of likely N-dealkylation sites (tertiary alicyclic amines) is 1. The molecule has 2 N–H and O–H groups in total. The fraction of sp³-hybridized carbons (Fsp3) is 0.588. The van der Waals surface area contributed by atoms with E-state index in [9.17, 15) is 4.79 Å². The molecular weight excluding hydrogens is 248 g/mol. The molecule has 2 aliphatic rings. The van der Waals surface area contributed by atoms with E-state index in [1.54, 1.807) is 6.08 Å². The molecule has 0 radical (unpaired) electrons. The average molecular weight is 274 g/mol. The van der Waals surface area contributed by atoms with Crippen molar-refractivity contribution in [2.45, 2.75) is 25.7 Å². The van der Waals surface area contributed by atoms with Crippen LogP contribution in [0.4, 0.5) is 0 Å². The second-order valence-electron chi connectivity index (χ2n) is 5.89. The monoisotopic (exact) mass is 274 g/mol. The summed E-state index contributed by atoms with van der Waals surface area (Å²) < 4.78 is 0. The maximum atomic E-state index is 12.3. The van der Waals surface area contributed by atoms with Crippen LogP contribution >= 0.6 is 0 Å². The van der Waals surface area contributed by atoms with Crippen LogP contribution in [0.2, 0.25) is 0 Å². The van der Waals surface area contributed by atoms with Gasteiger partial charge in [-0.15, -0.1) is 0 Å². The van der Waals surface area contributed by atoms with Crippen molar-refractivity contribution < 1.29 is 4.79 Å². The first-order valence-electron chi connectivity index (χ1n) is 7.69. The average Bonchev–Trinajstić information content (AvgIpc) is 3.26. The lowest BCUT2D eigenvalue weighted by atomic mass is 9.97. The van der Waals surface area contributed by atoms with Gasteiger partial charge in [-0.2, -0.15) is 0 Å². The van der Waals surface area contributed by atoms with Gasteiger partial charge in [0.15, 0.2) is 0 Å². The molecule has 2 fully saturated rings. The number of hydrogen-bond acceptors (Lipinski definition) is 2. The smallest absolute Gasteiger partial charge is 0.225 e. The molecule has 0 aromatic carbocycles. The molecule has 1 amide bonds. The van der Waals surface area contributed by atoms with Gasteiger partial charge < -0.3 is 10.6 Å². The zero-order chi connectivity index (χ0) is 14.4. The number of carbonyl (C=O) groups is 1. The molecule has 1 aliphatic heterocycles. The highest BCUT2D eigenvalue weighted by Gasteiger charge is 2.44. The lowest BCUT2D eigenvalue weighted by molar-refractivity contribution is -0.134. The second-order valence-corrected chi connectivity index (χ2v) is 5.89. The van der Waals surface area contributed by atoms with Crippen LogP contribution in [0, 0.1) is 17.8 Å². The molecule has 0 spiro atoms. The van der Waals surface area contributed by atoms with Gasteiger partial charge in [0.1, 0.15) is 0 Å². The topological polar surface area (TPSA) is 46.3 Å². The van der Waals surface area contributed by atoms with E-state index >= 15 is 0 Å². The van der Waals surface area contributed by atoms with Gasteiger partial charge >= 0.3 is 0 Å². The van der Waals surface area contributed by atoms with Crippen molar-refractivity contribution in [2.75, 3.05) is 19.6 Å². The van der Waals surface area contributed by atoms with Crippen LogP contribution in [0.5, 0.6) is 0 Å². The van der Waals surface area contributed by atoms with Crippen LogP contribution in [0.15, 0.2) is 37.0 Å². The van der Waals surface area contributed by atoms with Gasteiger partial charge in [0, 0.05) is 19.0 Å². The fourth-order valence-corrected chi connectivity index (χ4v) is 2.91. The van der Waals surface area contributed by atoms with Crippen molar-refractivity contribution in [2.24, 2.45) is 23.5 Å². The highest BCUT2D eigenvalue weighted by Crippen LogP contribution is 2.43. The van der Waals surface area contributed by atoms with Crippen molar-refractivity contribution in [3.05, 3.63) is 37.0 Å².